The lowest BCUT2D eigenvalue weighted by Gasteiger charge is -2.20. The van der Waals surface area contributed by atoms with E-state index in [4.69, 9.17) is 4.42 Å². The molecular weight excluding hydrogens is 440 g/mol. The van der Waals surface area contributed by atoms with E-state index >= 15 is 0 Å². The number of rotatable bonds is 5. The van der Waals surface area contributed by atoms with E-state index in [1.54, 1.807) is 12.1 Å². The first kappa shape index (κ1) is 24.2. The number of carbonyl (C=O) groups is 2. The largest absolute Gasteiger partial charge is 0.478 e. The van der Waals surface area contributed by atoms with Gasteiger partial charge < -0.3 is 14.4 Å². The fourth-order valence-electron chi connectivity index (χ4n) is 4.23. The summed E-state index contributed by atoms with van der Waals surface area (Å²) in [7, 11) is 3.91. The van der Waals surface area contributed by atoms with Crippen LogP contribution >= 0.6 is 0 Å². The van der Waals surface area contributed by atoms with Crippen LogP contribution in [-0.2, 0) is 0 Å². The minimum Gasteiger partial charge on any atom is -0.478 e. The summed E-state index contributed by atoms with van der Waals surface area (Å²) in [6.07, 6.45) is 0. The van der Waals surface area contributed by atoms with Crippen molar-refractivity contribution in [1.82, 2.24) is 0 Å². The molecule has 2 aromatic carbocycles. The highest BCUT2D eigenvalue weighted by atomic mass is 16.4. The van der Waals surface area contributed by atoms with Crippen LogP contribution in [0.5, 0.6) is 0 Å². The summed E-state index contributed by atoms with van der Waals surface area (Å²) in [5, 5.41) is 11.7. The lowest BCUT2D eigenvalue weighted by molar-refractivity contribution is 0.0697. The Morgan fingerprint density at radius 1 is 0.971 bits per heavy atom. The van der Waals surface area contributed by atoms with Crippen molar-refractivity contribution in [3.63, 3.8) is 0 Å². The van der Waals surface area contributed by atoms with Crippen molar-refractivity contribution >= 4 is 28.4 Å². The van der Waals surface area contributed by atoms with Gasteiger partial charge in [-0.15, -0.1) is 0 Å². The van der Waals surface area contributed by atoms with Crippen molar-refractivity contribution in [3.05, 3.63) is 71.1 Å². The van der Waals surface area contributed by atoms with Gasteiger partial charge in [-0.05, 0) is 42.8 Å². The molecule has 1 aliphatic heterocycles. The van der Waals surface area contributed by atoms with E-state index in [1.165, 1.54) is 6.07 Å². The third-order valence-electron chi connectivity index (χ3n) is 6.01. The van der Waals surface area contributed by atoms with Gasteiger partial charge in [-0.1, -0.05) is 32.9 Å². The number of carbonyl (C=O) groups excluding carboxylic acids is 1. The number of carboxylic acids is 1. The van der Waals surface area contributed by atoms with Crippen molar-refractivity contribution in [3.8, 4) is 22.5 Å². The van der Waals surface area contributed by atoms with E-state index in [9.17, 15) is 14.7 Å². The number of ketones is 1. The molecule has 0 aromatic heterocycles. The Bertz CT molecular complexity index is 1490. The van der Waals surface area contributed by atoms with E-state index < -0.39 is 11.4 Å². The monoisotopic (exact) mass is 470 g/mol. The van der Waals surface area contributed by atoms with Gasteiger partial charge in [0.1, 0.15) is 11.3 Å². The fourth-order valence-corrected chi connectivity index (χ4v) is 4.23. The smallest absolute Gasteiger partial charge is 0.336 e. The van der Waals surface area contributed by atoms with Crippen LogP contribution in [-0.4, -0.2) is 37.5 Å². The number of hydrogen-bond donors (Lipinski definition) is 1. The second-order valence-corrected chi connectivity index (χ2v) is 9.85. The number of carboxylic acid groups (broad SMARTS) is 1. The second kappa shape index (κ2) is 9.02. The van der Waals surface area contributed by atoms with Crippen molar-refractivity contribution in [2.45, 2.75) is 27.7 Å². The van der Waals surface area contributed by atoms with Gasteiger partial charge in [0, 0.05) is 66.0 Å². The molecule has 0 saturated carbocycles. The van der Waals surface area contributed by atoms with Crippen LogP contribution in [0.1, 0.15) is 48.4 Å². The van der Waals surface area contributed by atoms with Crippen molar-refractivity contribution < 1.29 is 19.1 Å². The van der Waals surface area contributed by atoms with Crippen LogP contribution in [0.4, 0.5) is 5.69 Å². The quantitative estimate of drug-likeness (QED) is 0.281. The molecule has 6 heteroatoms. The Hall–Kier alpha value is -3.93. The molecular formula is C29H30N2O4. The summed E-state index contributed by atoms with van der Waals surface area (Å²) in [5.74, 6) is -0.580. The number of benzene rings is 3. The molecule has 0 unspecified atom stereocenters. The Labute approximate surface area is 204 Å². The molecule has 180 valence electrons. The number of nitrogens with zero attached hydrogens (tertiary/aromatic N) is 2. The number of fused-ring (bicyclic) bond motifs is 2. The number of hydrogen-bond acceptors (Lipinski definition) is 5. The standard InChI is InChI=1S/C29H30N2O4/c1-7-30-18-9-12-21-24(15-18)35-25-16-19(31(5)6)10-13-22(25)26(21)20-11-8-17(14-23(20)28(33)34)27(32)29(2,3)4/h8-16H,7H2,1-6H3,(H,33,34). The molecule has 1 N–H and O–H groups in total. The van der Waals surface area contributed by atoms with Crippen LogP contribution in [0.2, 0.25) is 0 Å². The molecule has 1 heterocycles. The number of aromatic carboxylic acids is 1. The molecule has 2 aliphatic rings. The van der Waals surface area contributed by atoms with Gasteiger partial charge in [0.25, 0.3) is 0 Å². The van der Waals surface area contributed by atoms with Crippen molar-refractivity contribution in [1.29, 1.82) is 0 Å². The summed E-state index contributed by atoms with van der Waals surface area (Å²) in [4.78, 5) is 31.8. The third kappa shape index (κ3) is 4.56. The van der Waals surface area contributed by atoms with E-state index in [0.717, 1.165) is 27.6 Å². The molecule has 0 amide bonds. The van der Waals surface area contributed by atoms with Crippen molar-refractivity contribution in [2.75, 3.05) is 25.5 Å². The van der Waals surface area contributed by atoms with E-state index in [-0.39, 0.29) is 11.3 Å². The average molecular weight is 471 g/mol. The van der Waals surface area contributed by atoms with Gasteiger partial charge in [0.2, 0.25) is 0 Å². The van der Waals surface area contributed by atoms with Crippen LogP contribution in [0.25, 0.3) is 33.4 Å². The van der Waals surface area contributed by atoms with Crippen LogP contribution in [0.15, 0.2) is 64.0 Å². The molecule has 1 aliphatic carbocycles. The Morgan fingerprint density at radius 2 is 1.69 bits per heavy atom. The Kier molecular flexibility index (Phi) is 6.24. The summed E-state index contributed by atoms with van der Waals surface area (Å²) in [5.41, 5.74) is 3.50. The molecule has 0 saturated heterocycles. The van der Waals surface area contributed by atoms with Gasteiger partial charge in [-0.2, -0.15) is 0 Å². The van der Waals surface area contributed by atoms with Gasteiger partial charge in [-0.3, -0.25) is 9.79 Å². The summed E-state index contributed by atoms with van der Waals surface area (Å²) >= 11 is 0. The molecule has 35 heavy (non-hydrogen) atoms. The first-order chi connectivity index (χ1) is 16.5. The minimum atomic E-state index is -1.09. The maximum atomic E-state index is 12.9. The van der Waals surface area contributed by atoms with Crippen LogP contribution in [0, 0.1) is 5.41 Å². The van der Waals surface area contributed by atoms with E-state index in [0.29, 0.717) is 29.0 Å². The molecule has 0 spiro atoms. The zero-order valence-corrected chi connectivity index (χ0v) is 21.0. The molecule has 0 fully saturated rings. The van der Waals surface area contributed by atoms with E-state index in [1.807, 2.05) is 83.1 Å². The first-order valence-electron chi connectivity index (χ1n) is 11.6. The number of Topliss-reactive ketones (excluding diaryl/α,β-unsaturated/α-hetero) is 1. The predicted octanol–water partition coefficient (Wildman–Crippen LogP) is 6.12. The average Bonchev–Trinajstić information content (AvgIpc) is 2.80. The molecule has 0 bridgehead atoms. The summed E-state index contributed by atoms with van der Waals surface area (Å²) in [6, 6.07) is 16.5. The summed E-state index contributed by atoms with van der Waals surface area (Å²) < 4.78 is 6.30. The molecule has 4 rings (SSSR count). The normalized spacial score (nSPS) is 12.3. The van der Waals surface area contributed by atoms with Gasteiger partial charge in [-0.25, -0.2) is 4.79 Å². The zero-order chi connectivity index (χ0) is 25.5. The minimum absolute atomic E-state index is 0.0768. The highest BCUT2D eigenvalue weighted by Gasteiger charge is 2.26. The molecule has 0 atom stereocenters. The van der Waals surface area contributed by atoms with Crippen LogP contribution in [0.3, 0.4) is 0 Å². The fraction of sp³-hybridized carbons (Fsp3) is 0.276. The highest BCUT2D eigenvalue weighted by molar-refractivity contribution is 6.10. The highest BCUT2D eigenvalue weighted by Crippen LogP contribution is 2.42. The van der Waals surface area contributed by atoms with Gasteiger partial charge in [0.15, 0.2) is 5.78 Å². The zero-order valence-electron chi connectivity index (χ0n) is 21.0. The maximum absolute atomic E-state index is 12.9. The Balaban J connectivity index is 2.09. The SMILES string of the molecule is CCN=c1ccc2c(-c3ccc(C(=O)C(C)(C)C)cc3C(=O)O)c3ccc(N(C)C)cc3oc-2c1. The van der Waals surface area contributed by atoms with Gasteiger partial charge >= 0.3 is 5.97 Å². The first-order valence-corrected chi connectivity index (χ1v) is 11.6. The molecule has 6 nitrogen and oxygen atoms in total. The Morgan fingerprint density at radius 3 is 2.31 bits per heavy atom. The van der Waals surface area contributed by atoms with E-state index in [2.05, 4.69) is 4.99 Å². The van der Waals surface area contributed by atoms with Crippen LogP contribution < -0.4 is 10.3 Å². The maximum Gasteiger partial charge on any atom is 0.336 e. The second-order valence-electron chi connectivity index (χ2n) is 9.85. The molecule has 0 radical (unpaired) electrons. The summed E-state index contributed by atoms with van der Waals surface area (Å²) in [6.45, 7) is 8.08. The lowest BCUT2D eigenvalue weighted by atomic mass is 9.84. The molecule has 2 aromatic rings. The van der Waals surface area contributed by atoms with Gasteiger partial charge in [0.05, 0.1) is 10.9 Å². The third-order valence-corrected chi connectivity index (χ3v) is 6.01. The topological polar surface area (TPSA) is 83.1 Å². The van der Waals surface area contributed by atoms with Crippen molar-refractivity contribution in [2.24, 2.45) is 10.4 Å². The predicted molar refractivity (Wildman–Crippen MR) is 139 cm³/mol. The lowest BCUT2D eigenvalue weighted by Crippen LogP contribution is -2.20. The number of anilines is 1.